The number of hydrogen-bond donors (Lipinski definition) is 0. The Hall–Kier alpha value is -4.27. The number of para-hydroxylation sites is 1. The summed E-state index contributed by atoms with van der Waals surface area (Å²) < 4.78 is 61.7. The van der Waals surface area contributed by atoms with E-state index in [1.54, 1.807) is 18.2 Å². The fourth-order valence-electron chi connectivity index (χ4n) is 3.34. The van der Waals surface area contributed by atoms with Crippen LogP contribution in [0.3, 0.4) is 0 Å². The summed E-state index contributed by atoms with van der Waals surface area (Å²) in [4.78, 5) is 12.5. The molecular formula is C23H12F3NO5. The average molecular weight is 439 g/mol. The molecule has 0 fully saturated rings. The number of benzene rings is 3. The van der Waals surface area contributed by atoms with Crippen LogP contribution in [0.5, 0.6) is 11.5 Å². The molecule has 0 N–H and O–H groups in total. The van der Waals surface area contributed by atoms with Crippen LogP contribution in [0.4, 0.5) is 13.2 Å². The van der Waals surface area contributed by atoms with Crippen molar-refractivity contribution in [1.82, 2.24) is 5.16 Å². The number of methoxy groups -OCH3 is 1. The van der Waals surface area contributed by atoms with Gasteiger partial charge in [-0.3, -0.25) is 0 Å². The number of carbonyl (C=O) groups is 1. The van der Waals surface area contributed by atoms with Gasteiger partial charge in [-0.05, 0) is 36.4 Å². The molecule has 0 radical (unpaired) electrons. The maximum atomic E-state index is 13.6. The van der Waals surface area contributed by atoms with E-state index in [2.05, 4.69) is 5.16 Å². The third-order valence-electron chi connectivity index (χ3n) is 4.84. The quantitative estimate of drug-likeness (QED) is 0.198. The van der Waals surface area contributed by atoms with Gasteiger partial charge in [-0.1, -0.05) is 17.3 Å². The van der Waals surface area contributed by atoms with Gasteiger partial charge in [-0.2, -0.15) is 0 Å². The minimum atomic E-state index is -1.57. The first kappa shape index (κ1) is 19.7. The standard InChI is InChI=1S/C23H12F3NO5/c1-29-17-4-2-3-11-9-19(31-22(11)17)23(28)30-13-5-6-14-18(10-13)32-27-21(14)12-7-15(24)20(26)16(25)8-12/h2-10H,1H3. The molecule has 0 aliphatic heterocycles. The smallest absolute Gasteiger partial charge is 0.379 e. The van der Waals surface area contributed by atoms with Crippen molar-refractivity contribution in [3.05, 3.63) is 77.8 Å². The zero-order valence-corrected chi connectivity index (χ0v) is 16.3. The second kappa shape index (κ2) is 7.45. The Labute approximate surface area is 177 Å². The molecule has 3 aromatic carbocycles. The van der Waals surface area contributed by atoms with Gasteiger partial charge in [-0.15, -0.1) is 0 Å². The lowest BCUT2D eigenvalue weighted by Gasteiger charge is -2.03. The second-order valence-electron chi connectivity index (χ2n) is 6.82. The molecule has 0 aliphatic rings. The van der Waals surface area contributed by atoms with Crippen LogP contribution in [0.15, 0.2) is 63.5 Å². The van der Waals surface area contributed by atoms with Gasteiger partial charge in [0, 0.05) is 22.4 Å². The fraction of sp³-hybridized carbons (Fsp3) is 0.0435. The molecular weight excluding hydrogens is 427 g/mol. The van der Waals surface area contributed by atoms with Gasteiger partial charge in [0.2, 0.25) is 5.76 Å². The molecule has 0 bridgehead atoms. The van der Waals surface area contributed by atoms with Gasteiger partial charge in [-0.25, -0.2) is 18.0 Å². The Morgan fingerprint density at radius 1 is 1.00 bits per heavy atom. The van der Waals surface area contributed by atoms with Crippen LogP contribution in [-0.4, -0.2) is 18.2 Å². The Morgan fingerprint density at radius 2 is 1.78 bits per heavy atom. The zero-order valence-electron chi connectivity index (χ0n) is 16.3. The van der Waals surface area contributed by atoms with Crippen LogP contribution in [0.2, 0.25) is 0 Å². The topological polar surface area (TPSA) is 74.7 Å². The number of furan rings is 1. The number of esters is 1. The largest absolute Gasteiger partial charge is 0.493 e. The third kappa shape index (κ3) is 3.24. The number of nitrogens with zero attached hydrogens (tertiary/aromatic N) is 1. The van der Waals surface area contributed by atoms with E-state index in [0.717, 1.165) is 12.1 Å². The molecule has 6 nitrogen and oxygen atoms in total. The highest BCUT2D eigenvalue weighted by Gasteiger charge is 2.19. The van der Waals surface area contributed by atoms with Gasteiger partial charge in [0.05, 0.1) is 7.11 Å². The highest BCUT2D eigenvalue weighted by atomic mass is 19.2. The summed E-state index contributed by atoms with van der Waals surface area (Å²) in [5, 5.41) is 4.86. The molecule has 2 aromatic heterocycles. The summed E-state index contributed by atoms with van der Waals surface area (Å²) >= 11 is 0. The Bertz CT molecular complexity index is 1480. The van der Waals surface area contributed by atoms with E-state index in [9.17, 15) is 18.0 Å². The summed E-state index contributed by atoms with van der Waals surface area (Å²) in [6, 6.07) is 12.8. The maximum Gasteiger partial charge on any atom is 0.379 e. The van der Waals surface area contributed by atoms with Crippen LogP contribution in [0.1, 0.15) is 10.6 Å². The van der Waals surface area contributed by atoms with Gasteiger partial charge >= 0.3 is 5.97 Å². The minimum Gasteiger partial charge on any atom is -0.493 e. The van der Waals surface area contributed by atoms with Crippen molar-refractivity contribution in [2.45, 2.75) is 0 Å². The van der Waals surface area contributed by atoms with Crippen LogP contribution in [0.25, 0.3) is 33.2 Å². The summed E-state index contributed by atoms with van der Waals surface area (Å²) in [6.07, 6.45) is 0. The Balaban J connectivity index is 1.44. The first-order chi connectivity index (χ1) is 15.4. The number of ether oxygens (including phenoxy) is 2. The molecule has 5 rings (SSSR count). The van der Waals surface area contributed by atoms with E-state index in [0.29, 0.717) is 22.1 Å². The maximum absolute atomic E-state index is 13.6. The first-order valence-electron chi connectivity index (χ1n) is 9.27. The minimum absolute atomic E-state index is 0.00103. The van der Waals surface area contributed by atoms with E-state index in [1.165, 1.54) is 31.4 Å². The molecule has 0 atom stereocenters. The van der Waals surface area contributed by atoms with Crippen LogP contribution >= 0.6 is 0 Å². The van der Waals surface area contributed by atoms with E-state index in [4.69, 9.17) is 18.4 Å². The van der Waals surface area contributed by atoms with E-state index < -0.39 is 23.4 Å². The lowest BCUT2D eigenvalue weighted by molar-refractivity contribution is 0.0704. The predicted molar refractivity (Wildman–Crippen MR) is 107 cm³/mol. The van der Waals surface area contributed by atoms with E-state index in [-0.39, 0.29) is 28.4 Å². The Morgan fingerprint density at radius 3 is 2.53 bits per heavy atom. The van der Waals surface area contributed by atoms with Crippen LogP contribution in [0, 0.1) is 17.5 Å². The predicted octanol–water partition coefficient (Wildman–Crippen LogP) is 5.89. The van der Waals surface area contributed by atoms with Crippen molar-refractivity contribution < 1.29 is 36.4 Å². The van der Waals surface area contributed by atoms with E-state index >= 15 is 0 Å². The molecule has 0 saturated carbocycles. The Kier molecular flexibility index (Phi) is 4.58. The summed E-state index contributed by atoms with van der Waals surface area (Å²) in [5.41, 5.74) is 0.721. The molecule has 160 valence electrons. The zero-order chi connectivity index (χ0) is 22.4. The summed E-state index contributed by atoms with van der Waals surface area (Å²) in [7, 11) is 1.49. The average Bonchev–Trinajstić information content (AvgIpc) is 3.41. The molecule has 0 saturated heterocycles. The third-order valence-corrected chi connectivity index (χ3v) is 4.84. The van der Waals surface area contributed by atoms with Gasteiger partial charge in [0.1, 0.15) is 11.4 Å². The molecule has 5 aromatic rings. The van der Waals surface area contributed by atoms with Gasteiger partial charge in [0.15, 0.2) is 34.4 Å². The normalized spacial score (nSPS) is 11.2. The molecule has 0 spiro atoms. The molecule has 9 heteroatoms. The number of rotatable bonds is 4. The highest BCUT2D eigenvalue weighted by Crippen LogP contribution is 2.33. The van der Waals surface area contributed by atoms with Crippen molar-refractivity contribution in [3.8, 4) is 22.8 Å². The summed E-state index contributed by atoms with van der Waals surface area (Å²) in [5.74, 6) is -4.42. The number of carbonyl (C=O) groups excluding carboxylic acids is 1. The number of halogens is 3. The number of hydrogen-bond acceptors (Lipinski definition) is 6. The molecule has 2 heterocycles. The van der Waals surface area contributed by atoms with Crippen molar-refractivity contribution >= 4 is 27.9 Å². The number of aromatic nitrogens is 1. The molecule has 0 amide bonds. The lowest BCUT2D eigenvalue weighted by Crippen LogP contribution is -2.06. The van der Waals surface area contributed by atoms with Crippen LogP contribution in [-0.2, 0) is 0 Å². The molecule has 0 unspecified atom stereocenters. The first-order valence-corrected chi connectivity index (χ1v) is 9.27. The van der Waals surface area contributed by atoms with E-state index in [1.807, 2.05) is 0 Å². The molecule has 32 heavy (non-hydrogen) atoms. The van der Waals surface area contributed by atoms with Gasteiger partial charge in [0.25, 0.3) is 0 Å². The van der Waals surface area contributed by atoms with Crippen molar-refractivity contribution in [2.75, 3.05) is 7.11 Å². The summed E-state index contributed by atoms with van der Waals surface area (Å²) in [6.45, 7) is 0. The van der Waals surface area contributed by atoms with Crippen molar-refractivity contribution in [2.24, 2.45) is 0 Å². The molecule has 0 aliphatic carbocycles. The number of fused-ring (bicyclic) bond motifs is 2. The fourth-order valence-corrected chi connectivity index (χ4v) is 3.34. The van der Waals surface area contributed by atoms with Gasteiger partial charge < -0.3 is 18.4 Å². The van der Waals surface area contributed by atoms with Crippen LogP contribution < -0.4 is 9.47 Å². The second-order valence-corrected chi connectivity index (χ2v) is 6.82. The SMILES string of the molecule is COc1cccc2cc(C(=O)Oc3ccc4c(-c5cc(F)c(F)c(F)c5)noc4c3)oc12. The van der Waals surface area contributed by atoms with Crippen molar-refractivity contribution in [3.63, 3.8) is 0 Å². The monoisotopic (exact) mass is 439 g/mol. The van der Waals surface area contributed by atoms with Crippen molar-refractivity contribution in [1.29, 1.82) is 0 Å². The highest BCUT2D eigenvalue weighted by molar-refractivity contribution is 5.96. The lowest BCUT2D eigenvalue weighted by atomic mass is 10.1.